The van der Waals surface area contributed by atoms with E-state index in [0.717, 1.165) is 25.1 Å². The first-order chi connectivity index (χ1) is 9.78. The molecule has 2 unspecified atom stereocenters. The van der Waals surface area contributed by atoms with Crippen LogP contribution in [-0.2, 0) is 11.2 Å². The molecular weight excluding hydrogens is 256 g/mol. The summed E-state index contributed by atoms with van der Waals surface area (Å²) in [6.07, 6.45) is 1.60. The summed E-state index contributed by atoms with van der Waals surface area (Å²) in [4.78, 5) is 11.0. The average molecular weight is 276 g/mol. The van der Waals surface area contributed by atoms with Gasteiger partial charge in [-0.05, 0) is 36.6 Å². The second-order valence-corrected chi connectivity index (χ2v) is 5.19. The van der Waals surface area contributed by atoms with Gasteiger partial charge in [0.05, 0.1) is 6.54 Å². The number of benzene rings is 1. The zero-order valence-corrected chi connectivity index (χ0v) is 11.6. The second-order valence-electron chi connectivity index (χ2n) is 5.19. The highest BCUT2D eigenvalue weighted by atomic mass is 16.6. The van der Waals surface area contributed by atoms with Gasteiger partial charge in [0.25, 0.3) is 0 Å². The maximum Gasteiger partial charge on any atom is 0.407 e. The molecule has 0 spiro atoms. The monoisotopic (exact) mass is 276 g/mol. The number of alkyl carbamates (subject to hydrolysis) is 1. The minimum absolute atomic E-state index is 0.190. The van der Waals surface area contributed by atoms with Crippen LogP contribution >= 0.6 is 0 Å². The molecule has 1 heterocycles. The maximum absolute atomic E-state index is 11.0. The Kier molecular flexibility index (Phi) is 3.78. The normalized spacial score (nSPS) is 24.1. The molecule has 1 aromatic carbocycles. The summed E-state index contributed by atoms with van der Waals surface area (Å²) in [5, 5.41) is 6.13. The molecule has 1 saturated heterocycles. The topological polar surface area (TPSA) is 59.6 Å². The van der Waals surface area contributed by atoms with Crippen molar-refractivity contribution >= 4 is 6.09 Å². The predicted octanol–water partition coefficient (Wildman–Crippen LogP) is 1.77. The third-order valence-corrected chi connectivity index (χ3v) is 3.85. The highest BCUT2D eigenvalue weighted by molar-refractivity contribution is 5.69. The summed E-state index contributed by atoms with van der Waals surface area (Å²) in [5.41, 5.74) is 2.63. The lowest BCUT2D eigenvalue weighted by atomic mass is 10.1. The van der Waals surface area contributed by atoms with E-state index in [1.54, 1.807) is 0 Å². The van der Waals surface area contributed by atoms with E-state index in [-0.39, 0.29) is 12.2 Å². The van der Waals surface area contributed by atoms with Crippen molar-refractivity contribution in [1.82, 2.24) is 10.6 Å². The Hall–Kier alpha value is -1.75. The summed E-state index contributed by atoms with van der Waals surface area (Å²) < 4.78 is 10.9. The number of hydrogen-bond acceptors (Lipinski definition) is 4. The molecule has 5 nitrogen and oxygen atoms in total. The van der Waals surface area contributed by atoms with Crippen LogP contribution in [0, 0.1) is 0 Å². The van der Waals surface area contributed by atoms with Gasteiger partial charge in [-0.25, -0.2) is 4.79 Å². The van der Waals surface area contributed by atoms with E-state index < -0.39 is 0 Å². The van der Waals surface area contributed by atoms with Crippen molar-refractivity contribution in [3.8, 4) is 5.75 Å². The lowest BCUT2D eigenvalue weighted by Gasteiger charge is -2.15. The molecule has 0 aromatic heterocycles. The Balaban J connectivity index is 1.67. The van der Waals surface area contributed by atoms with Gasteiger partial charge in [-0.3, -0.25) is 0 Å². The molecule has 0 radical (unpaired) electrons. The summed E-state index contributed by atoms with van der Waals surface area (Å²) in [5.74, 6) is 0.922. The Morgan fingerprint density at radius 2 is 2.40 bits per heavy atom. The molecule has 2 atom stereocenters. The van der Waals surface area contributed by atoms with Crippen molar-refractivity contribution in [1.29, 1.82) is 0 Å². The molecule has 5 heteroatoms. The minimum atomic E-state index is -0.357. The molecule has 1 amide bonds. The second kappa shape index (κ2) is 5.71. The molecule has 2 aliphatic rings. The minimum Gasteiger partial charge on any atom is -0.489 e. The van der Waals surface area contributed by atoms with Crippen molar-refractivity contribution in [2.75, 3.05) is 19.7 Å². The van der Waals surface area contributed by atoms with E-state index in [1.807, 2.05) is 12.1 Å². The van der Waals surface area contributed by atoms with Gasteiger partial charge in [-0.2, -0.15) is 0 Å². The van der Waals surface area contributed by atoms with Gasteiger partial charge in [-0.15, -0.1) is 0 Å². The smallest absolute Gasteiger partial charge is 0.407 e. The summed E-state index contributed by atoms with van der Waals surface area (Å²) in [6.45, 7) is 4.02. The fourth-order valence-electron chi connectivity index (χ4n) is 2.92. The maximum atomic E-state index is 11.0. The number of cyclic esters (lactones) is 1. The summed E-state index contributed by atoms with van der Waals surface area (Å²) in [6, 6.07) is 6.63. The number of fused-ring (bicyclic) bond motifs is 1. The molecule has 1 aliphatic carbocycles. The lowest BCUT2D eigenvalue weighted by Crippen LogP contribution is -2.22. The van der Waals surface area contributed by atoms with E-state index >= 15 is 0 Å². The van der Waals surface area contributed by atoms with Crippen molar-refractivity contribution in [2.24, 2.45) is 0 Å². The fraction of sp³-hybridized carbons (Fsp3) is 0.533. The number of carbonyl (C=O) groups excluding carboxylic acids is 1. The number of ether oxygens (including phenoxy) is 2. The van der Waals surface area contributed by atoms with E-state index in [9.17, 15) is 4.79 Å². The van der Waals surface area contributed by atoms with Gasteiger partial charge >= 0.3 is 6.09 Å². The molecule has 20 heavy (non-hydrogen) atoms. The third kappa shape index (κ3) is 2.58. The van der Waals surface area contributed by atoms with E-state index in [4.69, 9.17) is 9.47 Å². The Labute approximate surface area is 118 Å². The first kappa shape index (κ1) is 13.2. The van der Waals surface area contributed by atoms with Gasteiger partial charge in [0, 0.05) is 6.04 Å². The Morgan fingerprint density at radius 3 is 3.15 bits per heavy atom. The van der Waals surface area contributed by atoms with Crippen LogP contribution in [-0.4, -0.2) is 31.9 Å². The van der Waals surface area contributed by atoms with Crippen molar-refractivity contribution < 1.29 is 14.3 Å². The van der Waals surface area contributed by atoms with Crippen molar-refractivity contribution in [3.05, 3.63) is 29.3 Å². The van der Waals surface area contributed by atoms with Gasteiger partial charge in [0.2, 0.25) is 0 Å². The van der Waals surface area contributed by atoms with Crippen LogP contribution in [0.3, 0.4) is 0 Å². The van der Waals surface area contributed by atoms with Gasteiger partial charge in [0.15, 0.2) is 6.10 Å². The van der Waals surface area contributed by atoms with Crippen molar-refractivity contribution in [2.45, 2.75) is 31.9 Å². The summed E-state index contributed by atoms with van der Waals surface area (Å²) in [7, 11) is 0. The van der Waals surface area contributed by atoms with Crippen LogP contribution < -0.4 is 15.4 Å². The fourth-order valence-corrected chi connectivity index (χ4v) is 2.92. The highest BCUT2D eigenvalue weighted by Crippen LogP contribution is 2.36. The quantitative estimate of drug-likeness (QED) is 0.860. The average Bonchev–Trinajstić information content (AvgIpc) is 3.04. The first-order valence-corrected chi connectivity index (χ1v) is 7.20. The highest BCUT2D eigenvalue weighted by Gasteiger charge is 2.26. The molecule has 108 valence electrons. The molecular formula is C15H20N2O3. The van der Waals surface area contributed by atoms with Crippen LogP contribution in [0.15, 0.2) is 18.2 Å². The van der Waals surface area contributed by atoms with E-state index in [0.29, 0.717) is 19.2 Å². The Morgan fingerprint density at radius 1 is 1.50 bits per heavy atom. The largest absolute Gasteiger partial charge is 0.489 e. The lowest BCUT2D eigenvalue weighted by molar-refractivity contribution is 0.104. The van der Waals surface area contributed by atoms with Crippen LogP contribution in [0.4, 0.5) is 4.79 Å². The molecule has 1 fully saturated rings. The molecule has 2 N–H and O–H groups in total. The number of amides is 1. The van der Waals surface area contributed by atoms with E-state index in [2.05, 4.69) is 23.6 Å². The van der Waals surface area contributed by atoms with Crippen LogP contribution in [0.1, 0.15) is 30.5 Å². The number of nitrogens with one attached hydrogen (secondary N) is 2. The zero-order chi connectivity index (χ0) is 13.9. The zero-order valence-electron chi connectivity index (χ0n) is 11.6. The van der Waals surface area contributed by atoms with Crippen molar-refractivity contribution in [3.63, 3.8) is 0 Å². The molecule has 1 aliphatic heterocycles. The third-order valence-electron chi connectivity index (χ3n) is 3.85. The number of carbonyl (C=O) groups is 1. The summed E-state index contributed by atoms with van der Waals surface area (Å²) >= 11 is 0. The predicted molar refractivity (Wildman–Crippen MR) is 74.9 cm³/mol. The SMILES string of the molecule is CCNC1CCc2c(OCC3CNC(=O)O3)cccc21. The van der Waals surface area contributed by atoms with Gasteiger partial charge in [0.1, 0.15) is 12.4 Å². The van der Waals surface area contributed by atoms with Gasteiger partial charge in [-0.1, -0.05) is 19.1 Å². The molecule has 1 aromatic rings. The molecule has 0 saturated carbocycles. The molecule has 0 bridgehead atoms. The van der Waals surface area contributed by atoms with Crippen LogP contribution in [0.25, 0.3) is 0 Å². The standard InChI is InChI=1S/C15H20N2O3/c1-2-16-13-7-6-12-11(13)4-3-5-14(12)19-9-10-8-17-15(18)20-10/h3-5,10,13,16H,2,6-9H2,1H3,(H,17,18). The number of rotatable bonds is 5. The molecule has 3 rings (SSSR count). The van der Waals surface area contributed by atoms with Crippen LogP contribution in [0.5, 0.6) is 5.75 Å². The van der Waals surface area contributed by atoms with Gasteiger partial charge < -0.3 is 20.1 Å². The van der Waals surface area contributed by atoms with E-state index in [1.165, 1.54) is 11.1 Å². The Bertz CT molecular complexity index is 504. The van der Waals surface area contributed by atoms with Crippen LogP contribution in [0.2, 0.25) is 0 Å². The first-order valence-electron chi connectivity index (χ1n) is 7.20. The number of hydrogen-bond donors (Lipinski definition) is 2.